The summed E-state index contributed by atoms with van der Waals surface area (Å²) in [6, 6.07) is 7.84. The number of carbonyl (C=O) groups is 4. The molecule has 1 rings (SSSR count). The Balaban J connectivity index is 2.99. The number of rotatable bonds is 18. The first-order valence-corrected chi connectivity index (χ1v) is 14.4. The normalized spacial score (nSPS) is 14.0. The summed E-state index contributed by atoms with van der Waals surface area (Å²) >= 11 is 0. The molecule has 0 saturated heterocycles. The Morgan fingerprint density at radius 3 is 1.27 bits per heavy atom. The average Bonchev–Trinajstić information content (AvgIpc) is 2.94. The molecule has 0 aliphatic heterocycles. The van der Waals surface area contributed by atoms with Crippen molar-refractivity contribution in [3.05, 3.63) is 35.4 Å². The van der Waals surface area contributed by atoms with Crippen LogP contribution >= 0.6 is 0 Å². The van der Waals surface area contributed by atoms with Crippen molar-refractivity contribution in [2.45, 2.75) is 103 Å². The molecule has 1 aromatic rings. The molecule has 0 saturated carbocycles. The zero-order valence-electron chi connectivity index (χ0n) is 25.5. The van der Waals surface area contributed by atoms with E-state index in [0.717, 1.165) is 24.0 Å². The second-order valence-corrected chi connectivity index (χ2v) is 11.3. The highest BCUT2D eigenvalue weighted by molar-refractivity contribution is 5.84. The molecule has 2 atom stereocenters. The number of hydrogen-bond donors (Lipinski definition) is 4. The standard InChI is InChI=1S/C30H52N6O4/c1-7-29(3,31)17-19-35(27(39)15-13-25(37)33-5)21-23-9-11-24(12-10-23)22-36(20-18-30(4,32)8-2)28(40)16-14-26(38)34-6/h9-12H,7-8,13-22,31-32H2,1-6H3,(H,33,37)(H,34,38). The van der Waals surface area contributed by atoms with Gasteiger partial charge in [-0.05, 0) is 50.7 Å². The van der Waals surface area contributed by atoms with Crippen LogP contribution in [0.5, 0.6) is 0 Å². The highest BCUT2D eigenvalue weighted by atomic mass is 16.2. The highest BCUT2D eigenvalue weighted by Crippen LogP contribution is 2.18. The maximum absolute atomic E-state index is 13.0. The van der Waals surface area contributed by atoms with Crippen LogP contribution in [0.4, 0.5) is 0 Å². The first kappa shape index (κ1) is 35.0. The van der Waals surface area contributed by atoms with Gasteiger partial charge < -0.3 is 31.9 Å². The summed E-state index contributed by atoms with van der Waals surface area (Å²) in [6.07, 6.45) is 3.44. The van der Waals surface area contributed by atoms with Gasteiger partial charge >= 0.3 is 0 Å². The molecule has 0 radical (unpaired) electrons. The Morgan fingerprint density at radius 1 is 0.675 bits per heavy atom. The van der Waals surface area contributed by atoms with Crippen molar-refractivity contribution in [2.75, 3.05) is 27.2 Å². The van der Waals surface area contributed by atoms with Crippen LogP contribution in [0.3, 0.4) is 0 Å². The molecule has 10 heteroatoms. The molecule has 0 fully saturated rings. The Kier molecular flexibility index (Phi) is 14.9. The number of hydrogen-bond acceptors (Lipinski definition) is 6. The van der Waals surface area contributed by atoms with Crippen LogP contribution in [0.1, 0.15) is 90.2 Å². The summed E-state index contributed by atoms with van der Waals surface area (Å²) in [4.78, 5) is 52.9. The third-order valence-electron chi connectivity index (χ3n) is 7.69. The van der Waals surface area contributed by atoms with E-state index < -0.39 is 0 Å². The fourth-order valence-corrected chi connectivity index (χ4v) is 3.92. The quantitative estimate of drug-likeness (QED) is 0.217. The summed E-state index contributed by atoms with van der Waals surface area (Å²) in [5.74, 6) is -0.516. The van der Waals surface area contributed by atoms with Gasteiger partial charge in [-0.1, -0.05) is 38.1 Å². The Labute approximate surface area is 240 Å². The molecule has 226 valence electrons. The first-order chi connectivity index (χ1) is 18.8. The lowest BCUT2D eigenvalue weighted by Gasteiger charge is -2.29. The van der Waals surface area contributed by atoms with Gasteiger partial charge in [0.15, 0.2) is 0 Å². The molecule has 0 bridgehead atoms. The van der Waals surface area contributed by atoms with E-state index in [1.807, 2.05) is 52.0 Å². The molecule has 0 aliphatic rings. The van der Waals surface area contributed by atoms with Crippen molar-refractivity contribution in [1.82, 2.24) is 20.4 Å². The van der Waals surface area contributed by atoms with Crippen molar-refractivity contribution < 1.29 is 19.2 Å². The van der Waals surface area contributed by atoms with E-state index in [-0.39, 0.29) is 60.4 Å². The van der Waals surface area contributed by atoms with Gasteiger partial charge in [-0.25, -0.2) is 0 Å². The monoisotopic (exact) mass is 560 g/mol. The molecule has 0 aromatic heterocycles. The predicted molar refractivity (Wildman–Crippen MR) is 159 cm³/mol. The minimum atomic E-state index is -0.381. The first-order valence-electron chi connectivity index (χ1n) is 14.4. The second kappa shape index (κ2) is 17.0. The molecule has 0 aliphatic carbocycles. The zero-order chi connectivity index (χ0) is 30.3. The van der Waals surface area contributed by atoms with Crippen molar-refractivity contribution in [3.8, 4) is 0 Å². The summed E-state index contributed by atoms with van der Waals surface area (Å²) < 4.78 is 0. The van der Waals surface area contributed by atoms with Crippen LogP contribution in [0, 0.1) is 0 Å². The van der Waals surface area contributed by atoms with Crippen LogP contribution in [0.2, 0.25) is 0 Å². The van der Waals surface area contributed by atoms with E-state index in [2.05, 4.69) is 10.6 Å². The molecule has 4 amide bonds. The van der Waals surface area contributed by atoms with Crippen LogP contribution in [-0.2, 0) is 32.3 Å². The van der Waals surface area contributed by atoms with E-state index in [4.69, 9.17) is 11.5 Å². The minimum Gasteiger partial charge on any atom is -0.359 e. The smallest absolute Gasteiger partial charge is 0.223 e. The van der Waals surface area contributed by atoms with Crippen molar-refractivity contribution in [3.63, 3.8) is 0 Å². The Morgan fingerprint density at radius 2 is 1.00 bits per heavy atom. The van der Waals surface area contributed by atoms with E-state index >= 15 is 0 Å². The highest BCUT2D eigenvalue weighted by Gasteiger charge is 2.23. The van der Waals surface area contributed by atoms with E-state index in [1.165, 1.54) is 0 Å². The lowest BCUT2D eigenvalue weighted by molar-refractivity contribution is -0.134. The third kappa shape index (κ3) is 13.4. The maximum Gasteiger partial charge on any atom is 0.223 e. The van der Waals surface area contributed by atoms with Gasteiger partial charge in [0.2, 0.25) is 23.6 Å². The molecule has 1 aromatic carbocycles. The molecule has 0 spiro atoms. The zero-order valence-corrected chi connectivity index (χ0v) is 25.5. The number of nitrogens with zero attached hydrogens (tertiary/aromatic N) is 2. The van der Waals surface area contributed by atoms with Gasteiger partial charge in [0.1, 0.15) is 0 Å². The fraction of sp³-hybridized carbons (Fsp3) is 0.667. The summed E-state index contributed by atoms with van der Waals surface area (Å²) in [7, 11) is 3.12. The van der Waals surface area contributed by atoms with Gasteiger partial charge in [-0.2, -0.15) is 0 Å². The number of carbonyl (C=O) groups excluding carboxylic acids is 4. The minimum absolute atomic E-state index is 0.0896. The number of nitrogens with two attached hydrogens (primary N) is 2. The molecule has 2 unspecified atom stereocenters. The topological polar surface area (TPSA) is 151 Å². The fourth-order valence-electron chi connectivity index (χ4n) is 3.92. The molecule has 10 nitrogen and oxygen atoms in total. The molecule has 6 N–H and O–H groups in total. The van der Waals surface area contributed by atoms with Gasteiger partial charge in [-0.3, -0.25) is 19.2 Å². The van der Waals surface area contributed by atoms with Crippen molar-refractivity contribution in [2.24, 2.45) is 11.5 Å². The van der Waals surface area contributed by atoms with Gasteiger partial charge in [0.25, 0.3) is 0 Å². The lowest BCUT2D eigenvalue weighted by atomic mass is 9.95. The van der Waals surface area contributed by atoms with E-state index in [1.54, 1.807) is 23.9 Å². The lowest BCUT2D eigenvalue weighted by Crippen LogP contribution is -2.41. The maximum atomic E-state index is 13.0. The Bertz CT molecular complexity index is 884. The molecule has 40 heavy (non-hydrogen) atoms. The van der Waals surface area contributed by atoms with E-state index in [9.17, 15) is 19.2 Å². The van der Waals surface area contributed by atoms with Crippen LogP contribution < -0.4 is 22.1 Å². The number of benzene rings is 1. The summed E-state index contributed by atoms with van der Waals surface area (Å²) in [6.45, 7) is 9.82. The molecular weight excluding hydrogens is 508 g/mol. The largest absolute Gasteiger partial charge is 0.359 e. The van der Waals surface area contributed by atoms with Crippen molar-refractivity contribution >= 4 is 23.6 Å². The van der Waals surface area contributed by atoms with Crippen molar-refractivity contribution in [1.29, 1.82) is 0 Å². The van der Waals surface area contributed by atoms with Gasteiger partial charge in [-0.15, -0.1) is 0 Å². The van der Waals surface area contributed by atoms with Crippen LogP contribution in [-0.4, -0.2) is 71.7 Å². The molecule has 0 heterocycles. The average molecular weight is 561 g/mol. The number of amides is 4. The van der Waals surface area contributed by atoms with E-state index in [0.29, 0.717) is 39.0 Å². The third-order valence-corrected chi connectivity index (χ3v) is 7.69. The summed E-state index contributed by atoms with van der Waals surface area (Å²) in [5.41, 5.74) is 13.8. The Hall–Kier alpha value is -2.98. The van der Waals surface area contributed by atoms with Crippen LogP contribution in [0.25, 0.3) is 0 Å². The molecular formula is C30H52N6O4. The second-order valence-electron chi connectivity index (χ2n) is 11.3. The number of nitrogens with one attached hydrogen (secondary N) is 2. The summed E-state index contributed by atoms with van der Waals surface area (Å²) in [5, 5.41) is 5.11. The SMILES string of the molecule is CCC(C)(N)CCN(Cc1ccc(CN(CCC(C)(N)CC)C(=O)CCC(=O)NC)cc1)C(=O)CCC(=O)NC. The van der Waals surface area contributed by atoms with Gasteiger partial charge in [0, 0.05) is 77.0 Å². The van der Waals surface area contributed by atoms with Gasteiger partial charge in [0.05, 0.1) is 0 Å². The predicted octanol–water partition coefficient (Wildman–Crippen LogP) is 2.43. The van der Waals surface area contributed by atoms with Crippen LogP contribution in [0.15, 0.2) is 24.3 Å².